The van der Waals surface area contributed by atoms with E-state index in [0.717, 1.165) is 11.7 Å². The molecule has 1 amide bonds. The zero-order valence-electron chi connectivity index (χ0n) is 4.79. The van der Waals surface area contributed by atoms with Crippen LogP contribution in [0.3, 0.4) is 0 Å². The summed E-state index contributed by atoms with van der Waals surface area (Å²) in [6.45, 7) is 0. The molecule has 48 valence electrons. The van der Waals surface area contributed by atoms with Crippen LogP contribution < -0.4 is 5.32 Å². The first-order valence-corrected chi connectivity index (χ1v) is 3.07. The van der Waals surface area contributed by atoms with Gasteiger partial charge >= 0.3 is 0 Å². The average Bonchev–Trinajstić information content (AvgIpc) is 2.37. The standard InChI is InChI=1S/C4H5N3OS/c1-5-4(8)3-2-6-9-7-3/h2H,1H3,(H,5,8). The molecule has 0 aliphatic rings. The van der Waals surface area contributed by atoms with Gasteiger partial charge in [-0.1, -0.05) is 0 Å². The Morgan fingerprint density at radius 3 is 3.11 bits per heavy atom. The van der Waals surface area contributed by atoms with E-state index in [1.54, 1.807) is 7.05 Å². The first-order chi connectivity index (χ1) is 4.34. The summed E-state index contributed by atoms with van der Waals surface area (Å²) < 4.78 is 7.37. The van der Waals surface area contributed by atoms with E-state index in [0.29, 0.717) is 5.69 Å². The predicted molar refractivity (Wildman–Crippen MR) is 33.3 cm³/mol. The Morgan fingerprint density at radius 2 is 2.67 bits per heavy atom. The van der Waals surface area contributed by atoms with Gasteiger partial charge in [0.05, 0.1) is 17.9 Å². The minimum atomic E-state index is -0.191. The summed E-state index contributed by atoms with van der Waals surface area (Å²) in [7, 11) is 1.56. The van der Waals surface area contributed by atoms with Crippen molar-refractivity contribution < 1.29 is 4.79 Å². The minimum absolute atomic E-state index is 0.191. The highest BCUT2D eigenvalue weighted by Crippen LogP contribution is 1.92. The molecule has 9 heavy (non-hydrogen) atoms. The SMILES string of the molecule is CNC(=O)c1cnsn1. The Hall–Kier alpha value is -0.970. The second-order valence-electron chi connectivity index (χ2n) is 1.37. The molecule has 0 aliphatic heterocycles. The van der Waals surface area contributed by atoms with Crippen LogP contribution in [-0.4, -0.2) is 21.7 Å². The smallest absolute Gasteiger partial charge is 0.272 e. The van der Waals surface area contributed by atoms with Crippen molar-refractivity contribution in [3.63, 3.8) is 0 Å². The number of hydrogen-bond donors (Lipinski definition) is 1. The Labute approximate surface area is 56.2 Å². The molecular formula is C4H5N3OS. The van der Waals surface area contributed by atoms with E-state index >= 15 is 0 Å². The molecule has 0 radical (unpaired) electrons. The Morgan fingerprint density at radius 1 is 1.89 bits per heavy atom. The van der Waals surface area contributed by atoms with Gasteiger partial charge in [-0.3, -0.25) is 4.79 Å². The van der Waals surface area contributed by atoms with Crippen LogP contribution in [0.2, 0.25) is 0 Å². The number of nitrogens with zero attached hydrogens (tertiary/aromatic N) is 2. The number of rotatable bonds is 1. The van der Waals surface area contributed by atoms with Gasteiger partial charge in [0.1, 0.15) is 0 Å². The number of hydrogen-bond acceptors (Lipinski definition) is 4. The fraction of sp³-hybridized carbons (Fsp3) is 0.250. The maximum Gasteiger partial charge on any atom is 0.272 e. The lowest BCUT2D eigenvalue weighted by Gasteiger charge is -1.88. The van der Waals surface area contributed by atoms with Crippen molar-refractivity contribution in [2.45, 2.75) is 0 Å². The van der Waals surface area contributed by atoms with E-state index in [4.69, 9.17) is 0 Å². The Kier molecular flexibility index (Phi) is 1.74. The molecule has 0 saturated carbocycles. The van der Waals surface area contributed by atoms with Gasteiger partial charge < -0.3 is 5.32 Å². The summed E-state index contributed by atoms with van der Waals surface area (Å²) in [4.78, 5) is 10.7. The monoisotopic (exact) mass is 143 g/mol. The van der Waals surface area contributed by atoms with Crippen LogP contribution in [0.4, 0.5) is 0 Å². The molecule has 1 N–H and O–H groups in total. The topological polar surface area (TPSA) is 54.9 Å². The third-order valence-corrected chi connectivity index (χ3v) is 1.30. The van der Waals surface area contributed by atoms with Crippen molar-refractivity contribution in [2.75, 3.05) is 7.05 Å². The predicted octanol–water partition coefficient (Wildman–Crippen LogP) is -0.102. The number of carbonyl (C=O) groups excluding carboxylic acids is 1. The van der Waals surface area contributed by atoms with E-state index < -0.39 is 0 Å². The second-order valence-corrected chi connectivity index (χ2v) is 1.93. The molecule has 1 aromatic heterocycles. The van der Waals surface area contributed by atoms with Crippen molar-refractivity contribution in [3.8, 4) is 0 Å². The maximum absolute atomic E-state index is 10.7. The normalized spacial score (nSPS) is 9.00. The quantitative estimate of drug-likeness (QED) is 0.597. The average molecular weight is 143 g/mol. The van der Waals surface area contributed by atoms with Crippen molar-refractivity contribution >= 4 is 17.6 Å². The molecular weight excluding hydrogens is 138 g/mol. The first kappa shape index (κ1) is 6.15. The molecule has 0 atom stereocenters. The molecule has 0 bridgehead atoms. The van der Waals surface area contributed by atoms with Crippen molar-refractivity contribution in [3.05, 3.63) is 11.9 Å². The van der Waals surface area contributed by atoms with Gasteiger partial charge in [-0.05, 0) is 0 Å². The van der Waals surface area contributed by atoms with Crippen molar-refractivity contribution in [1.29, 1.82) is 0 Å². The lowest BCUT2D eigenvalue weighted by molar-refractivity contribution is 0.0959. The molecule has 1 rings (SSSR count). The lowest BCUT2D eigenvalue weighted by atomic mass is 10.5. The molecule has 0 aliphatic carbocycles. The lowest BCUT2D eigenvalue weighted by Crippen LogP contribution is -2.17. The first-order valence-electron chi connectivity index (χ1n) is 2.34. The molecule has 0 aromatic carbocycles. The Bertz CT molecular complexity index is 196. The highest BCUT2D eigenvalue weighted by Gasteiger charge is 2.03. The van der Waals surface area contributed by atoms with Crippen LogP contribution in [0.1, 0.15) is 10.5 Å². The highest BCUT2D eigenvalue weighted by atomic mass is 32.1. The van der Waals surface area contributed by atoms with Gasteiger partial charge in [0.25, 0.3) is 5.91 Å². The summed E-state index contributed by atoms with van der Waals surface area (Å²) in [6, 6.07) is 0. The van der Waals surface area contributed by atoms with E-state index in [1.807, 2.05) is 0 Å². The van der Waals surface area contributed by atoms with Gasteiger partial charge in [-0.25, -0.2) is 0 Å². The number of aromatic nitrogens is 2. The van der Waals surface area contributed by atoms with Crippen LogP contribution in [0.15, 0.2) is 6.20 Å². The van der Waals surface area contributed by atoms with Crippen LogP contribution >= 0.6 is 11.7 Å². The van der Waals surface area contributed by atoms with Gasteiger partial charge in [0.15, 0.2) is 5.69 Å². The summed E-state index contributed by atoms with van der Waals surface area (Å²) in [5.74, 6) is -0.191. The van der Waals surface area contributed by atoms with Crippen molar-refractivity contribution in [1.82, 2.24) is 14.1 Å². The Balaban J connectivity index is 2.77. The zero-order chi connectivity index (χ0) is 6.69. The number of nitrogens with one attached hydrogen (secondary N) is 1. The van der Waals surface area contributed by atoms with Crippen LogP contribution in [0.25, 0.3) is 0 Å². The summed E-state index contributed by atoms with van der Waals surface area (Å²) >= 11 is 1.02. The van der Waals surface area contributed by atoms with Gasteiger partial charge in [0.2, 0.25) is 0 Å². The van der Waals surface area contributed by atoms with E-state index in [2.05, 4.69) is 14.1 Å². The van der Waals surface area contributed by atoms with Gasteiger partial charge in [-0.15, -0.1) is 0 Å². The fourth-order valence-corrected chi connectivity index (χ4v) is 0.805. The molecule has 5 heteroatoms. The molecule has 0 saturated heterocycles. The number of amides is 1. The zero-order valence-corrected chi connectivity index (χ0v) is 5.60. The van der Waals surface area contributed by atoms with E-state index in [1.165, 1.54) is 6.20 Å². The van der Waals surface area contributed by atoms with E-state index in [9.17, 15) is 4.79 Å². The van der Waals surface area contributed by atoms with Crippen LogP contribution in [-0.2, 0) is 0 Å². The third-order valence-electron chi connectivity index (χ3n) is 0.821. The molecule has 0 spiro atoms. The van der Waals surface area contributed by atoms with Crippen molar-refractivity contribution in [2.24, 2.45) is 0 Å². The highest BCUT2D eigenvalue weighted by molar-refractivity contribution is 6.99. The van der Waals surface area contributed by atoms with Gasteiger partial charge in [0, 0.05) is 7.05 Å². The maximum atomic E-state index is 10.7. The second kappa shape index (κ2) is 2.54. The summed E-state index contributed by atoms with van der Waals surface area (Å²) in [5.41, 5.74) is 0.377. The van der Waals surface area contributed by atoms with Gasteiger partial charge in [-0.2, -0.15) is 8.75 Å². The summed E-state index contributed by atoms with van der Waals surface area (Å²) in [6.07, 6.45) is 1.43. The number of carbonyl (C=O) groups is 1. The minimum Gasteiger partial charge on any atom is -0.354 e. The molecule has 4 nitrogen and oxygen atoms in total. The largest absolute Gasteiger partial charge is 0.354 e. The molecule has 1 heterocycles. The van der Waals surface area contributed by atoms with Crippen LogP contribution in [0, 0.1) is 0 Å². The summed E-state index contributed by atoms with van der Waals surface area (Å²) in [5, 5.41) is 2.43. The molecule has 1 aromatic rings. The third kappa shape index (κ3) is 1.23. The fourth-order valence-electron chi connectivity index (χ4n) is 0.393. The van der Waals surface area contributed by atoms with Crippen LogP contribution in [0.5, 0.6) is 0 Å². The molecule has 0 unspecified atom stereocenters. The van der Waals surface area contributed by atoms with E-state index in [-0.39, 0.29) is 5.91 Å². The molecule has 0 fully saturated rings.